The molecule has 5 aromatic rings. The Morgan fingerprint density at radius 2 is 1.65 bits per heavy atom. The molecule has 8 heteroatoms. The normalized spacial score (nSPS) is 11.4. The molecule has 0 radical (unpaired) electrons. The van der Waals surface area contributed by atoms with Gasteiger partial charge in [0.25, 0.3) is 0 Å². The summed E-state index contributed by atoms with van der Waals surface area (Å²) in [5.74, 6) is 1.53. The first-order chi connectivity index (χ1) is 15.0. The number of fused-ring (bicyclic) bond motifs is 3. The predicted octanol–water partition coefficient (Wildman–Crippen LogP) is 4.51. The fraction of sp³-hybridized carbons (Fsp3) is 0.174. The maximum atomic E-state index is 13.4. The highest BCUT2D eigenvalue weighted by molar-refractivity contribution is 5.95. The van der Waals surface area contributed by atoms with E-state index in [1.165, 1.54) is 12.1 Å². The van der Waals surface area contributed by atoms with Crippen molar-refractivity contribution in [1.29, 1.82) is 0 Å². The highest BCUT2D eigenvalue weighted by atomic mass is 19.1. The van der Waals surface area contributed by atoms with E-state index in [1.54, 1.807) is 37.2 Å². The summed E-state index contributed by atoms with van der Waals surface area (Å²) in [6.45, 7) is 4.05. The molecule has 3 aromatic heterocycles. The van der Waals surface area contributed by atoms with Gasteiger partial charge in [-0.15, -0.1) is 5.10 Å². The molecule has 156 valence electrons. The van der Waals surface area contributed by atoms with Gasteiger partial charge in [0.1, 0.15) is 12.1 Å². The Balaban J connectivity index is 1.72. The summed E-state index contributed by atoms with van der Waals surface area (Å²) in [6, 6.07) is 11.9. The van der Waals surface area contributed by atoms with Crippen LogP contribution < -0.4 is 9.47 Å². The van der Waals surface area contributed by atoms with Gasteiger partial charge in [-0.1, -0.05) is 0 Å². The number of aromatic nitrogens is 5. The summed E-state index contributed by atoms with van der Waals surface area (Å²) in [5.41, 5.74) is 5.16. The summed E-state index contributed by atoms with van der Waals surface area (Å²) in [6.07, 6.45) is 1.65. The van der Waals surface area contributed by atoms with Crippen LogP contribution in [0.5, 0.6) is 11.5 Å². The summed E-state index contributed by atoms with van der Waals surface area (Å²) in [4.78, 5) is 9.45. The van der Waals surface area contributed by atoms with Crippen molar-refractivity contribution in [3.05, 3.63) is 65.9 Å². The molecule has 0 aliphatic carbocycles. The largest absolute Gasteiger partial charge is 0.493 e. The predicted molar refractivity (Wildman–Crippen MR) is 116 cm³/mol. The Bertz CT molecular complexity index is 1440. The molecule has 0 fully saturated rings. The molecule has 5 rings (SSSR count). The van der Waals surface area contributed by atoms with Gasteiger partial charge >= 0.3 is 0 Å². The van der Waals surface area contributed by atoms with E-state index in [4.69, 9.17) is 14.5 Å². The van der Waals surface area contributed by atoms with E-state index in [2.05, 4.69) is 10.1 Å². The van der Waals surface area contributed by atoms with Crippen molar-refractivity contribution >= 4 is 16.7 Å². The second-order valence-electron chi connectivity index (χ2n) is 7.24. The number of rotatable bonds is 4. The quantitative estimate of drug-likeness (QED) is 0.431. The van der Waals surface area contributed by atoms with Gasteiger partial charge in [-0.3, -0.25) is 4.57 Å². The van der Waals surface area contributed by atoms with E-state index in [0.29, 0.717) is 23.0 Å². The average Bonchev–Trinajstić information content (AvgIpc) is 3.33. The first kappa shape index (κ1) is 19.0. The van der Waals surface area contributed by atoms with E-state index in [1.807, 2.05) is 36.6 Å². The number of nitrogens with zero attached hydrogens (tertiary/aromatic N) is 5. The number of halogens is 1. The van der Waals surface area contributed by atoms with Gasteiger partial charge in [0, 0.05) is 16.9 Å². The highest BCUT2D eigenvalue weighted by Crippen LogP contribution is 2.33. The SMILES string of the molecule is COc1ccc(-c2nc3c4c(C)c(C)n(-c5ccc(F)cc5)c4ncn3n2)cc1OC. The van der Waals surface area contributed by atoms with Gasteiger partial charge in [-0.05, 0) is 61.9 Å². The van der Waals surface area contributed by atoms with Crippen LogP contribution in [0.1, 0.15) is 11.3 Å². The molecule has 0 atom stereocenters. The zero-order valence-corrected chi connectivity index (χ0v) is 17.5. The number of hydrogen-bond acceptors (Lipinski definition) is 5. The Hall–Kier alpha value is -3.94. The van der Waals surface area contributed by atoms with E-state index >= 15 is 0 Å². The third-order valence-corrected chi connectivity index (χ3v) is 5.56. The van der Waals surface area contributed by atoms with E-state index in [0.717, 1.165) is 33.5 Å². The second kappa shape index (κ2) is 7.09. The van der Waals surface area contributed by atoms with E-state index in [-0.39, 0.29) is 5.82 Å². The molecule has 2 aromatic carbocycles. The topological polar surface area (TPSA) is 66.5 Å². The maximum Gasteiger partial charge on any atom is 0.182 e. The monoisotopic (exact) mass is 417 g/mol. The van der Waals surface area contributed by atoms with Gasteiger partial charge in [0.2, 0.25) is 0 Å². The smallest absolute Gasteiger partial charge is 0.182 e. The van der Waals surface area contributed by atoms with Crippen LogP contribution in [0, 0.1) is 19.7 Å². The molecule has 0 aliphatic rings. The fourth-order valence-corrected chi connectivity index (χ4v) is 3.86. The van der Waals surface area contributed by atoms with E-state index < -0.39 is 0 Å². The minimum Gasteiger partial charge on any atom is -0.493 e. The number of hydrogen-bond donors (Lipinski definition) is 0. The molecule has 0 unspecified atom stereocenters. The average molecular weight is 417 g/mol. The summed E-state index contributed by atoms with van der Waals surface area (Å²) in [7, 11) is 3.19. The fourth-order valence-electron chi connectivity index (χ4n) is 3.86. The van der Waals surface area contributed by atoms with Crippen LogP contribution in [0.2, 0.25) is 0 Å². The standard InChI is InChI=1S/C23H20FN5O2/c1-13-14(2)29(17-8-6-16(24)7-9-17)22-20(13)23-26-21(27-28(23)12-25-22)15-5-10-18(30-3)19(11-15)31-4/h5-12H,1-4H3. The molecular formula is C23H20FN5O2. The number of methoxy groups -OCH3 is 2. The summed E-state index contributed by atoms with van der Waals surface area (Å²) >= 11 is 0. The number of benzene rings is 2. The first-order valence-electron chi connectivity index (χ1n) is 9.73. The van der Waals surface area contributed by atoms with Crippen molar-refractivity contribution < 1.29 is 13.9 Å². The lowest BCUT2D eigenvalue weighted by molar-refractivity contribution is 0.355. The van der Waals surface area contributed by atoms with Crippen LogP contribution in [0.25, 0.3) is 33.8 Å². The van der Waals surface area contributed by atoms with Gasteiger partial charge in [-0.25, -0.2) is 18.9 Å². The molecule has 0 amide bonds. The molecule has 0 spiro atoms. The Morgan fingerprint density at radius 1 is 0.903 bits per heavy atom. The van der Waals surface area contributed by atoms with Gasteiger partial charge in [-0.2, -0.15) is 0 Å². The number of aryl methyl sites for hydroxylation is 1. The highest BCUT2D eigenvalue weighted by Gasteiger charge is 2.20. The Labute approximate surface area is 177 Å². The molecule has 0 saturated heterocycles. The van der Waals surface area contributed by atoms with Crippen LogP contribution in [-0.2, 0) is 0 Å². The lowest BCUT2D eigenvalue weighted by atomic mass is 10.2. The molecule has 0 aliphatic heterocycles. The molecule has 3 heterocycles. The summed E-state index contributed by atoms with van der Waals surface area (Å²) < 4.78 is 27.8. The van der Waals surface area contributed by atoms with Crippen LogP contribution in [0.15, 0.2) is 48.8 Å². The van der Waals surface area contributed by atoms with Crippen molar-refractivity contribution in [1.82, 2.24) is 24.1 Å². The molecule has 7 nitrogen and oxygen atoms in total. The van der Waals surface area contributed by atoms with Gasteiger partial charge in [0.15, 0.2) is 28.6 Å². The molecule has 0 bridgehead atoms. The lowest BCUT2D eigenvalue weighted by Gasteiger charge is -2.07. The zero-order chi connectivity index (χ0) is 21.7. The van der Waals surface area contributed by atoms with Crippen LogP contribution in [0.4, 0.5) is 4.39 Å². The van der Waals surface area contributed by atoms with Crippen molar-refractivity contribution in [2.24, 2.45) is 0 Å². The minimum absolute atomic E-state index is 0.276. The van der Waals surface area contributed by atoms with Crippen molar-refractivity contribution in [3.63, 3.8) is 0 Å². The second-order valence-corrected chi connectivity index (χ2v) is 7.24. The van der Waals surface area contributed by atoms with Crippen molar-refractivity contribution in [2.45, 2.75) is 13.8 Å². The third kappa shape index (κ3) is 2.91. The Kier molecular flexibility index (Phi) is 4.35. The zero-order valence-electron chi connectivity index (χ0n) is 17.5. The maximum absolute atomic E-state index is 13.4. The molecular weight excluding hydrogens is 397 g/mol. The first-order valence-corrected chi connectivity index (χ1v) is 9.73. The minimum atomic E-state index is -0.276. The number of ether oxygens (including phenoxy) is 2. The van der Waals surface area contributed by atoms with Crippen LogP contribution in [0.3, 0.4) is 0 Å². The van der Waals surface area contributed by atoms with Crippen molar-refractivity contribution in [3.8, 4) is 28.6 Å². The van der Waals surface area contributed by atoms with Crippen LogP contribution >= 0.6 is 0 Å². The van der Waals surface area contributed by atoms with Gasteiger partial charge < -0.3 is 9.47 Å². The Morgan fingerprint density at radius 3 is 2.35 bits per heavy atom. The third-order valence-electron chi connectivity index (χ3n) is 5.56. The molecule has 0 N–H and O–H groups in total. The molecule has 0 saturated carbocycles. The molecule has 31 heavy (non-hydrogen) atoms. The van der Waals surface area contributed by atoms with Crippen LogP contribution in [-0.4, -0.2) is 38.4 Å². The van der Waals surface area contributed by atoms with Gasteiger partial charge in [0.05, 0.1) is 19.6 Å². The van der Waals surface area contributed by atoms with E-state index in [9.17, 15) is 4.39 Å². The lowest BCUT2D eigenvalue weighted by Crippen LogP contribution is -1.99. The summed E-state index contributed by atoms with van der Waals surface area (Å²) in [5, 5.41) is 5.52. The van der Waals surface area contributed by atoms with Crippen molar-refractivity contribution in [2.75, 3.05) is 14.2 Å².